The number of halogens is 1. The Hall–Kier alpha value is -0.350. The summed E-state index contributed by atoms with van der Waals surface area (Å²) in [4.78, 5) is 0. The molecule has 14 heavy (non-hydrogen) atoms. The van der Waals surface area contributed by atoms with E-state index in [1.807, 2.05) is 24.7 Å². The Kier molecular flexibility index (Phi) is 4.62. The summed E-state index contributed by atoms with van der Waals surface area (Å²) in [5.41, 5.74) is 0.979. The molecule has 0 saturated carbocycles. The quantitative estimate of drug-likeness (QED) is 0.814. The van der Waals surface area contributed by atoms with Gasteiger partial charge < -0.3 is 4.74 Å². The monoisotopic (exact) mass is 260 g/mol. The minimum absolute atomic E-state index is 0.248. The molecule has 80 valence electrons. The van der Waals surface area contributed by atoms with E-state index in [0.717, 1.165) is 23.1 Å². The van der Waals surface area contributed by atoms with Gasteiger partial charge in [-0.05, 0) is 36.2 Å². The minimum Gasteiger partial charge on any atom is -0.372 e. The van der Waals surface area contributed by atoms with E-state index in [1.54, 1.807) is 0 Å². The molecular weight excluding hydrogens is 244 g/mol. The van der Waals surface area contributed by atoms with Crippen LogP contribution in [0.1, 0.15) is 32.9 Å². The lowest BCUT2D eigenvalue weighted by Crippen LogP contribution is -2.04. The first-order chi connectivity index (χ1) is 6.63. The summed E-state index contributed by atoms with van der Waals surface area (Å²) in [6.07, 6.45) is 3.35. The highest BCUT2D eigenvalue weighted by atomic mass is 79.9. The number of aromatic nitrogens is 2. The van der Waals surface area contributed by atoms with E-state index in [2.05, 4.69) is 28.0 Å². The SMILES string of the molecule is CCCn1cc(Br)c(COC(C)C)n1. The van der Waals surface area contributed by atoms with Crippen molar-refractivity contribution in [2.45, 2.75) is 46.4 Å². The maximum atomic E-state index is 5.49. The molecule has 4 heteroatoms. The van der Waals surface area contributed by atoms with Gasteiger partial charge in [0.25, 0.3) is 0 Å². The molecule has 3 nitrogen and oxygen atoms in total. The van der Waals surface area contributed by atoms with E-state index in [4.69, 9.17) is 4.74 Å². The summed E-state index contributed by atoms with van der Waals surface area (Å²) in [6, 6.07) is 0. The molecule has 0 fully saturated rings. The molecule has 0 saturated heterocycles. The van der Waals surface area contributed by atoms with Gasteiger partial charge in [-0.2, -0.15) is 5.10 Å². The summed E-state index contributed by atoms with van der Waals surface area (Å²) in [7, 11) is 0. The molecule has 1 rings (SSSR count). The summed E-state index contributed by atoms with van der Waals surface area (Å²) in [6.45, 7) is 7.73. The molecule has 0 aromatic carbocycles. The van der Waals surface area contributed by atoms with Crippen molar-refractivity contribution in [3.8, 4) is 0 Å². The molecule has 0 aliphatic carbocycles. The number of rotatable bonds is 5. The van der Waals surface area contributed by atoms with Gasteiger partial charge in [-0.1, -0.05) is 6.92 Å². The lowest BCUT2D eigenvalue weighted by molar-refractivity contribution is 0.0629. The van der Waals surface area contributed by atoms with Crippen molar-refractivity contribution in [3.63, 3.8) is 0 Å². The van der Waals surface area contributed by atoms with E-state index in [9.17, 15) is 0 Å². The first-order valence-electron chi connectivity index (χ1n) is 4.97. The predicted molar refractivity (Wildman–Crippen MR) is 60.1 cm³/mol. The van der Waals surface area contributed by atoms with Gasteiger partial charge in [0.05, 0.1) is 17.2 Å². The van der Waals surface area contributed by atoms with Crippen LogP contribution in [0.25, 0.3) is 0 Å². The van der Waals surface area contributed by atoms with Gasteiger partial charge >= 0.3 is 0 Å². The number of ether oxygens (including phenoxy) is 1. The van der Waals surface area contributed by atoms with Gasteiger partial charge in [-0.3, -0.25) is 4.68 Å². The Bertz CT molecular complexity index is 284. The third kappa shape index (κ3) is 3.42. The van der Waals surface area contributed by atoms with Gasteiger partial charge in [0, 0.05) is 12.7 Å². The highest BCUT2D eigenvalue weighted by Crippen LogP contribution is 2.16. The average Bonchev–Trinajstić information content (AvgIpc) is 2.44. The maximum Gasteiger partial charge on any atom is 0.102 e. The van der Waals surface area contributed by atoms with Crippen LogP contribution < -0.4 is 0 Å². The van der Waals surface area contributed by atoms with Crippen LogP contribution in [0.5, 0.6) is 0 Å². The van der Waals surface area contributed by atoms with Gasteiger partial charge in [0.2, 0.25) is 0 Å². The lowest BCUT2D eigenvalue weighted by atomic mass is 10.4. The molecular formula is C10H17BrN2O. The molecule has 1 aromatic heterocycles. The number of hydrogen-bond donors (Lipinski definition) is 0. The van der Waals surface area contributed by atoms with Gasteiger partial charge in [0.1, 0.15) is 5.69 Å². The van der Waals surface area contributed by atoms with E-state index in [1.165, 1.54) is 0 Å². The van der Waals surface area contributed by atoms with Crippen LogP contribution in [-0.2, 0) is 17.9 Å². The van der Waals surface area contributed by atoms with Crippen molar-refractivity contribution in [3.05, 3.63) is 16.4 Å². The Morgan fingerprint density at radius 3 is 2.86 bits per heavy atom. The zero-order chi connectivity index (χ0) is 10.6. The largest absolute Gasteiger partial charge is 0.372 e. The van der Waals surface area contributed by atoms with E-state index in [0.29, 0.717) is 6.61 Å². The Morgan fingerprint density at radius 1 is 1.57 bits per heavy atom. The summed E-state index contributed by atoms with van der Waals surface area (Å²) in [5.74, 6) is 0. The van der Waals surface area contributed by atoms with Crippen molar-refractivity contribution in [1.82, 2.24) is 9.78 Å². The molecule has 1 heterocycles. The fourth-order valence-corrected chi connectivity index (χ4v) is 1.55. The molecule has 0 spiro atoms. The molecule has 0 aliphatic heterocycles. The first-order valence-corrected chi connectivity index (χ1v) is 5.76. The van der Waals surface area contributed by atoms with E-state index in [-0.39, 0.29) is 6.10 Å². The Balaban J connectivity index is 2.58. The molecule has 0 amide bonds. The zero-order valence-corrected chi connectivity index (χ0v) is 10.5. The van der Waals surface area contributed by atoms with Crippen LogP contribution in [0, 0.1) is 0 Å². The zero-order valence-electron chi connectivity index (χ0n) is 8.96. The highest BCUT2D eigenvalue weighted by molar-refractivity contribution is 9.10. The van der Waals surface area contributed by atoms with Crippen LogP contribution in [0.3, 0.4) is 0 Å². The normalized spacial score (nSPS) is 11.2. The topological polar surface area (TPSA) is 27.1 Å². The first kappa shape index (κ1) is 11.7. The Morgan fingerprint density at radius 2 is 2.29 bits per heavy atom. The molecule has 0 radical (unpaired) electrons. The Labute approximate surface area is 93.6 Å². The summed E-state index contributed by atoms with van der Waals surface area (Å²) < 4.78 is 8.48. The molecule has 0 N–H and O–H groups in total. The van der Waals surface area contributed by atoms with Gasteiger partial charge in [-0.25, -0.2) is 0 Å². The van der Waals surface area contributed by atoms with Crippen molar-refractivity contribution in [2.24, 2.45) is 0 Å². The summed E-state index contributed by atoms with van der Waals surface area (Å²) >= 11 is 3.47. The van der Waals surface area contributed by atoms with Crippen LogP contribution in [0.4, 0.5) is 0 Å². The lowest BCUT2D eigenvalue weighted by Gasteiger charge is -2.05. The molecule has 0 bridgehead atoms. The van der Waals surface area contributed by atoms with Crippen LogP contribution >= 0.6 is 15.9 Å². The fraction of sp³-hybridized carbons (Fsp3) is 0.700. The third-order valence-corrected chi connectivity index (χ3v) is 2.46. The minimum atomic E-state index is 0.248. The van der Waals surface area contributed by atoms with Gasteiger partial charge in [-0.15, -0.1) is 0 Å². The molecule has 0 unspecified atom stereocenters. The molecule has 0 aliphatic rings. The number of hydrogen-bond acceptors (Lipinski definition) is 2. The van der Waals surface area contributed by atoms with Gasteiger partial charge in [0.15, 0.2) is 0 Å². The van der Waals surface area contributed by atoms with Crippen LogP contribution in [0.15, 0.2) is 10.7 Å². The highest BCUT2D eigenvalue weighted by Gasteiger charge is 2.06. The fourth-order valence-electron chi connectivity index (χ4n) is 1.12. The smallest absolute Gasteiger partial charge is 0.102 e. The number of nitrogens with zero attached hydrogens (tertiary/aromatic N) is 2. The van der Waals surface area contributed by atoms with E-state index < -0.39 is 0 Å². The number of aryl methyl sites for hydroxylation is 1. The standard InChI is InChI=1S/C10H17BrN2O/c1-4-5-13-6-9(11)10(12-13)7-14-8(2)3/h6,8H,4-5,7H2,1-3H3. The van der Waals surface area contributed by atoms with Crippen molar-refractivity contribution in [2.75, 3.05) is 0 Å². The van der Waals surface area contributed by atoms with Crippen molar-refractivity contribution < 1.29 is 4.74 Å². The molecule has 0 atom stereocenters. The second kappa shape index (κ2) is 5.51. The average molecular weight is 261 g/mol. The summed E-state index contributed by atoms with van der Waals surface area (Å²) in [5, 5.41) is 4.42. The van der Waals surface area contributed by atoms with Crippen molar-refractivity contribution in [1.29, 1.82) is 0 Å². The predicted octanol–water partition coefficient (Wildman–Crippen LogP) is 2.98. The van der Waals surface area contributed by atoms with E-state index >= 15 is 0 Å². The van der Waals surface area contributed by atoms with Crippen molar-refractivity contribution >= 4 is 15.9 Å². The second-order valence-electron chi connectivity index (χ2n) is 3.55. The third-order valence-electron chi connectivity index (χ3n) is 1.79. The van der Waals surface area contributed by atoms with Crippen LogP contribution in [-0.4, -0.2) is 15.9 Å². The van der Waals surface area contributed by atoms with Crippen LogP contribution in [0.2, 0.25) is 0 Å². The second-order valence-corrected chi connectivity index (χ2v) is 4.40. The maximum absolute atomic E-state index is 5.49. The molecule has 1 aromatic rings.